The van der Waals surface area contributed by atoms with Crippen LogP contribution in [-0.4, -0.2) is 0 Å². The first kappa shape index (κ1) is 6.85. The second-order valence-electron chi connectivity index (χ2n) is 2.53. The van der Waals surface area contributed by atoms with Gasteiger partial charge >= 0.3 is 0 Å². The highest BCUT2D eigenvalue weighted by Crippen LogP contribution is 2.31. The molecule has 0 spiro atoms. The predicted octanol–water partition coefficient (Wildman–Crippen LogP) is 3.25. The summed E-state index contributed by atoms with van der Waals surface area (Å²) in [6, 6.07) is 0.947. The number of aryl methyl sites for hydroxylation is 2. The maximum atomic E-state index is 12.5. The van der Waals surface area contributed by atoms with Crippen LogP contribution in [0.4, 0.5) is 4.39 Å². The van der Waals surface area contributed by atoms with E-state index in [1.165, 1.54) is 22.3 Å². The molecule has 0 aliphatic rings. The topological polar surface area (TPSA) is 13.1 Å². The SMILES string of the molecule is Cc1sc2oc(F)cc2c1C. The van der Waals surface area contributed by atoms with Crippen molar-refractivity contribution in [3.63, 3.8) is 0 Å². The molecule has 3 heteroatoms. The normalized spacial score (nSPS) is 11.2. The van der Waals surface area contributed by atoms with Gasteiger partial charge in [-0.05, 0) is 19.4 Å². The molecule has 0 N–H and O–H groups in total. The van der Waals surface area contributed by atoms with Crippen molar-refractivity contribution in [3.05, 3.63) is 22.5 Å². The Labute approximate surface area is 67.4 Å². The molecule has 2 aromatic rings. The van der Waals surface area contributed by atoms with Crippen molar-refractivity contribution >= 4 is 21.6 Å². The molecule has 0 aromatic carbocycles. The molecule has 0 atom stereocenters. The van der Waals surface area contributed by atoms with Gasteiger partial charge in [-0.15, -0.1) is 11.3 Å². The third-order valence-electron chi connectivity index (χ3n) is 1.85. The van der Waals surface area contributed by atoms with Crippen molar-refractivity contribution in [3.8, 4) is 0 Å². The molecule has 0 saturated heterocycles. The minimum atomic E-state index is -0.491. The second kappa shape index (κ2) is 2.08. The van der Waals surface area contributed by atoms with Crippen LogP contribution in [0.5, 0.6) is 0 Å². The Morgan fingerprint density at radius 2 is 2.18 bits per heavy atom. The van der Waals surface area contributed by atoms with Crippen molar-refractivity contribution < 1.29 is 8.81 Å². The van der Waals surface area contributed by atoms with Gasteiger partial charge in [-0.3, -0.25) is 0 Å². The molecule has 0 amide bonds. The van der Waals surface area contributed by atoms with E-state index in [0.29, 0.717) is 4.90 Å². The van der Waals surface area contributed by atoms with E-state index in [1.54, 1.807) is 0 Å². The first-order valence-corrected chi connectivity index (χ1v) is 4.15. The standard InChI is InChI=1S/C8H7FOS/c1-4-5(2)11-8-6(4)3-7(9)10-8/h3H,1-2H3. The summed E-state index contributed by atoms with van der Waals surface area (Å²) in [5, 5.41) is 0.907. The lowest BCUT2D eigenvalue weighted by Crippen LogP contribution is -1.66. The fraction of sp³-hybridized carbons (Fsp3) is 0.250. The van der Waals surface area contributed by atoms with Gasteiger partial charge in [0.15, 0.2) is 4.90 Å². The highest BCUT2D eigenvalue weighted by atomic mass is 32.1. The smallest absolute Gasteiger partial charge is 0.279 e. The van der Waals surface area contributed by atoms with E-state index in [9.17, 15) is 4.39 Å². The Balaban J connectivity index is 2.88. The Morgan fingerprint density at radius 1 is 1.45 bits per heavy atom. The zero-order chi connectivity index (χ0) is 8.01. The van der Waals surface area contributed by atoms with E-state index < -0.39 is 6.01 Å². The number of hydrogen-bond donors (Lipinski definition) is 0. The molecular formula is C8H7FOS. The van der Waals surface area contributed by atoms with Crippen molar-refractivity contribution in [2.75, 3.05) is 0 Å². The van der Waals surface area contributed by atoms with Gasteiger partial charge in [0.25, 0.3) is 6.01 Å². The van der Waals surface area contributed by atoms with Crippen LogP contribution in [0, 0.1) is 19.9 Å². The Kier molecular flexibility index (Phi) is 1.29. The second-order valence-corrected chi connectivity index (χ2v) is 3.72. The van der Waals surface area contributed by atoms with Gasteiger partial charge < -0.3 is 4.42 Å². The minimum Gasteiger partial charge on any atom is -0.420 e. The summed E-state index contributed by atoms with van der Waals surface area (Å²) in [6.07, 6.45) is 0. The summed E-state index contributed by atoms with van der Waals surface area (Å²) in [5.41, 5.74) is 1.12. The zero-order valence-corrected chi connectivity index (χ0v) is 7.09. The lowest BCUT2D eigenvalue weighted by molar-refractivity contribution is 0.384. The Bertz CT molecular complexity index is 399. The lowest BCUT2D eigenvalue weighted by Gasteiger charge is -1.83. The summed E-state index contributed by atoms with van der Waals surface area (Å²) >= 11 is 1.49. The van der Waals surface area contributed by atoms with Crippen LogP contribution in [-0.2, 0) is 0 Å². The predicted molar refractivity (Wildman–Crippen MR) is 43.5 cm³/mol. The van der Waals surface area contributed by atoms with Crippen molar-refractivity contribution in [2.24, 2.45) is 0 Å². The van der Waals surface area contributed by atoms with Gasteiger partial charge in [0.2, 0.25) is 0 Å². The van der Waals surface area contributed by atoms with E-state index >= 15 is 0 Å². The number of thiophene rings is 1. The van der Waals surface area contributed by atoms with Crippen LogP contribution in [0.25, 0.3) is 10.3 Å². The van der Waals surface area contributed by atoms with Gasteiger partial charge in [0, 0.05) is 16.3 Å². The number of furan rings is 1. The first-order chi connectivity index (χ1) is 5.18. The molecule has 58 valence electrons. The summed E-state index contributed by atoms with van der Waals surface area (Å²) in [7, 11) is 0. The van der Waals surface area contributed by atoms with Gasteiger partial charge in [-0.25, -0.2) is 0 Å². The molecule has 0 bridgehead atoms. The van der Waals surface area contributed by atoms with Crippen molar-refractivity contribution in [1.29, 1.82) is 0 Å². The summed E-state index contributed by atoms with van der Waals surface area (Å²) < 4.78 is 17.3. The van der Waals surface area contributed by atoms with Crippen LogP contribution >= 0.6 is 11.3 Å². The maximum absolute atomic E-state index is 12.5. The van der Waals surface area contributed by atoms with E-state index in [0.717, 1.165) is 10.9 Å². The number of rotatable bonds is 0. The highest BCUT2D eigenvalue weighted by Gasteiger charge is 2.09. The summed E-state index contributed by atoms with van der Waals surface area (Å²) in [4.78, 5) is 1.89. The third kappa shape index (κ3) is 0.878. The largest absolute Gasteiger partial charge is 0.420 e. The fourth-order valence-corrected chi connectivity index (χ4v) is 2.07. The average molecular weight is 170 g/mol. The van der Waals surface area contributed by atoms with Crippen LogP contribution < -0.4 is 0 Å². The summed E-state index contributed by atoms with van der Waals surface area (Å²) in [5.74, 6) is 0. The van der Waals surface area contributed by atoms with Gasteiger partial charge in [0.1, 0.15) is 0 Å². The monoisotopic (exact) mass is 170 g/mol. The molecule has 2 heterocycles. The summed E-state index contributed by atoms with van der Waals surface area (Å²) in [6.45, 7) is 3.98. The first-order valence-electron chi connectivity index (χ1n) is 3.33. The molecule has 0 fully saturated rings. The lowest BCUT2D eigenvalue weighted by atomic mass is 10.2. The molecule has 11 heavy (non-hydrogen) atoms. The average Bonchev–Trinajstić information content (AvgIpc) is 2.37. The van der Waals surface area contributed by atoms with Gasteiger partial charge in [-0.2, -0.15) is 4.39 Å². The van der Waals surface area contributed by atoms with Crippen LogP contribution in [0.3, 0.4) is 0 Å². The molecule has 2 rings (SSSR count). The maximum Gasteiger partial charge on any atom is 0.279 e. The molecule has 0 radical (unpaired) electrons. The fourth-order valence-electron chi connectivity index (χ4n) is 1.09. The highest BCUT2D eigenvalue weighted by molar-refractivity contribution is 7.18. The van der Waals surface area contributed by atoms with Gasteiger partial charge in [0.05, 0.1) is 0 Å². The third-order valence-corrected chi connectivity index (χ3v) is 2.95. The van der Waals surface area contributed by atoms with Gasteiger partial charge in [-0.1, -0.05) is 0 Å². The zero-order valence-electron chi connectivity index (χ0n) is 6.27. The molecule has 0 unspecified atom stereocenters. The van der Waals surface area contributed by atoms with E-state index in [1.807, 2.05) is 13.8 Å². The van der Waals surface area contributed by atoms with E-state index in [-0.39, 0.29) is 0 Å². The van der Waals surface area contributed by atoms with E-state index in [4.69, 9.17) is 4.42 Å². The van der Waals surface area contributed by atoms with Crippen molar-refractivity contribution in [2.45, 2.75) is 13.8 Å². The number of halogens is 1. The number of fused-ring (bicyclic) bond motifs is 1. The molecule has 0 aliphatic heterocycles. The Hall–Kier alpha value is -0.830. The van der Waals surface area contributed by atoms with Crippen LogP contribution in [0.2, 0.25) is 0 Å². The molecular weight excluding hydrogens is 163 g/mol. The molecule has 0 aliphatic carbocycles. The minimum absolute atomic E-state index is 0.491. The van der Waals surface area contributed by atoms with Crippen LogP contribution in [0.1, 0.15) is 10.4 Å². The van der Waals surface area contributed by atoms with E-state index in [2.05, 4.69) is 0 Å². The quantitative estimate of drug-likeness (QED) is 0.591. The Morgan fingerprint density at radius 3 is 2.82 bits per heavy atom. The molecule has 0 saturated carbocycles. The van der Waals surface area contributed by atoms with Crippen LogP contribution in [0.15, 0.2) is 10.5 Å². The molecule has 1 nitrogen and oxygen atoms in total. The van der Waals surface area contributed by atoms with Crippen molar-refractivity contribution in [1.82, 2.24) is 0 Å². The molecule has 2 aromatic heterocycles. The number of hydrogen-bond acceptors (Lipinski definition) is 2.